The minimum atomic E-state index is -0.661. The summed E-state index contributed by atoms with van der Waals surface area (Å²) in [6, 6.07) is 16.6. The Bertz CT molecular complexity index is 1410. The number of nitriles is 1. The number of fused-ring (bicyclic) bond motifs is 2. The predicted molar refractivity (Wildman–Crippen MR) is 117 cm³/mol. The van der Waals surface area contributed by atoms with E-state index >= 15 is 0 Å². The van der Waals surface area contributed by atoms with E-state index in [1.807, 2.05) is 6.07 Å². The molecule has 31 heavy (non-hydrogen) atoms. The van der Waals surface area contributed by atoms with E-state index in [-0.39, 0.29) is 23.7 Å². The predicted octanol–water partition coefficient (Wildman–Crippen LogP) is 4.43. The van der Waals surface area contributed by atoms with Crippen LogP contribution in [-0.2, 0) is 0 Å². The monoisotopic (exact) mass is 409 g/mol. The van der Waals surface area contributed by atoms with Crippen molar-refractivity contribution in [1.82, 2.24) is 4.98 Å². The van der Waals surface area contributed by atoms with Crippen molar-refractivity contribution in [2.45, 2.75) is 18.8 Å². The van der Waals surface area contributed by atoms with Crippen molar-refractivity contribution in [3.8, 4) is 11.8 Å². The quantitative estimate of drug-likeness (QED) is 0.459. The third kappa shape index (κ3) is 3.51. The molecule has 1 saturated carbocycles. The van der Waals surface area contributed by atoms with Gasteiger partial charge in [0.2, 0.25) is 5.78 Å². The van der Waals surface area contributed by atoms with Gasteiger partial charge in [-0.25, -0.2) is 0 Å². The molecular formula is C25H19N3O3. The van der Waals surface area contributed by atoms with E-state index in [9.17, 15) is 9.59 Å². The van der Waals surface area contributed by atoms with Crippen molar-refractivity contribution in [1.29, 1.82) is 5.26 Å². The molecule has 1 aliphatic carbocycles. The van der Waals surface area contributed by atoms with Crippen LogP contribution < -0.4 is 10.5 Å². The fourth-order valence-electron chi connectivity index (χ4n) is 3.92. The zero-order valence-corrected chi connectivity index (χ0v) is 16.6. The highest BCUT2D eigenvalue weighted by molar-refractivity contribution is 6.09. The van der Waals surface area contributed by atoms with E-state index in [2.05, 4.69) is 23.2 Å². The maximum atomic E-state index is 12.9. The number of carbonyl (C=O) groups excluding carboxylic acids is 2. The summed E-state index contributed by atoms with van der Waals surface area (Å²) >= 11 is 0. The minimum Gasteiger partial charge on any atom is -0.485 e. The smallest absolute Gasteiger partial charge is 0.252 e. The lowest BCUT2D eigenvalue weighted by molar-refractivity contribution is 0.0914. The standard InChI is InChI=1S/C25H19N3O3/c26-11-14-1-2-17-10-24(20(25(27)30)8-18(17)7-14)31-13-23(29)21-12-28-22-9-16(15-3-4-15)5-6-19(21)22/h1-2,5-10,12,15,28H,3-4,13H2,(H2,27,30). The molecule has 0 bridgehead atoms. The third-order valence-corrected chi connectivity index (χ3v) is 5.75. The fraction of sp³-hybridized carbons (Fsp3) is 0.160. The van der Waals surface area contributed by atoms with Gasteiger partial charge in [-0.2, -0.15) is 5.26 Å². The molecule has 152 valence electrons. The maximum Gasteiger partial charge on any atom is 0.252 e. The van der Waals surface area contributed by atoms with Crippen molar-refractivity contribution < 1.29 is 14.3 Å². The lowest BCUT2D eigenvalue weighted by Crippen LogP contribution is -2.16. The van der Waals surface area contributed by atoms with Gasteiger partial charge >= 0.3 is 0 Å². The molecule has 6 heteroatoms. The van der Waals surface area contributed by atoms with Crippen LogP contribution in [-0.4, -0.2) is 23.3 Å². The van der Waals surface area contributed by atoms with Gasteiger partial charge in [0, 0.05) is 22.7 Å². The van der Waals surface area contributed by atoms with E-state index < -0.39 is 5.91 Å². The van der Waals surface area contributed by atoms with Crippen molar-refractivity contribution in [3.05, 3.63) is 77.0 Å². The minimum absolute atomic E-state index is 0.170. The number of carbonyl (C=O) groups is 2. The second-order valence-corrected chi connectivity index (χ2v) is 7.88. The van der Waals surface area contributed by atoms with Crippen molar-refractivity contribution >= 4 is 33.4 Å². The third-order valence-electron chi connectivity index (χ3n) is 5.75. The van der Waals surface area contributed by atoms with E-state index in [1.165, 1.54) is 18.4 Å². The highest BCUT2D eigenvalue weighted by atomic mass is 16.5. The Balaban J connectivity index is 1.41. The Morgan fingerprint density at radius 3 is 2.65 bits per heavy atom. The van der Waals surface area contributed by atoms with Gasteiger partial charge in [-0.3, -0.25) is 9.59 Å². The van der Waals surface area contributed by atoms with Crippen LogP contribution in [0.4, 0.5) is 0 Å². The number of Topliss-reactive ketones (excluding diaryl/α,β-unsaturated/α-hetero) is 1. The first-order valence-corrected chi connectivity index (χ1v) is 10.1. The summed E-state index contributed by atoms with van der Waals surface area (Å²) < 4.78 is 5.74. The molecular weight excluding hydrogens is 390 g/mol. The number of hydrogen-bond acceptors (Lipinski definition) is 4. The van der Waals surface area contributed by atoms with Gasteiger partial charge in [-0.05, 0) is 65.4 Å². The number of H-pyrrole nitrogens is 1. The van der Waals surface area contributed by atoms with Gasteiger partial charge in [0.15, 0.2) is 6.61 Å². The Morgan fingerprint density at radius 2 is 1.90 bits per heavy atom. The highest BCUT2D eigenvalue weighted by Crippen LogP contribution is 2.41. The lowest BCUT2D eigenvalue weighted by Gasteiger charge is -2.11. The van der Waals surface area contributed by atoms with Crippen LogP contribution in [0.2, 0.25) is 0 Å². The molecule has 1 aliphatic rings. The van der Waals surface area contributed by atoms with Gasteiger partial charge in [-0.1, -0.05) is 18.2 Å². The molecule has 0 radical (unpaired) electrons. The normalized spacial score (nSPS) is 13.3. The van der Waals surface area contributed by atoms with E-state index in [0.29, 0.717) is 22.4 Å². The second-order valence-electron chi connectivity index (χ2n) is 7.88. The van der Waals surface area contributed by atoms with Crippen LogP contribution in [0.25, 0.3) is 21.7 Å². The number of ketones is 1. The molecule has 1 fully saturated rings. The first-order chi connectivity index (χ1) is 15.0. The zero-order valence-electron chi connectivity index (χ0n) is 16.6. The lowest BCUT2D eigenvalue weighted by atomic mass is 10.0. The van der Waals surface area contributed by atoms with Crippen molar-refractivity contribution in [2.75, 3.05) is 6.61 Å². The molecule has 0 atom stereocenters. The number of nitrogens with two attached hydrogens (primary N) is 1. The summed E-state index contributed by atoms with van der Waals surface area (Å²) in [4.78, 5) is 28.0. The number of aromatic amines is 1. The molecule has 0 unspecified atom stereocenters. The fourth-order valence-corrected chi connectivity index (χ4v) is 3.92. The Morgan fingerprint density at radius 1 is 1.06 bits per heavy atom. The first-order valence-electron chi connectivity index (χ1n) is 10.1. The average Bonchev–Trinajstić information content (AvgIpc) is 3.55. The van der Waals surface area contributed by atoms with Gasteiger partial charge in [0.1, 0.15) is 5.75 Å². The van der Waals surface area contributed by atoms with Crippen LogP contribution in [0.15, 0.2) is 54.7 Å². The van der Waals surface area contributed by atoms with Crippen molar-refractivity contribution in [2.24, 2.45) is 5.73 Å². The van der Waals surface area contributed by atoms with Gasteiger partial charge in [0.25, 0.3) is 5.91 Å². The largest absolute Gasteiger partial charge is 0.485 e. The molecule has 0 aliphatic heterocycles. The second kappa shape index (κ2) is 7.29. The van der Waals surface area contributed by atoms with Crippen LogP contribution >= 0.6 is 0 Å². The molecule has 1 heterocycles. The number of rotatable bonds is 6. The van der Waals surface area contributed by atoms with Gasteiger partial charge in [-0.15, -0.1) is 0 Å². The summed E-state index contributed by atoms with van der Waals surface area (Å²) in [5, 5.41) is 11.4. The van der Waals surface area contributed by atoms with E-state index in [1.54, 1.807) is 36.5 Å². The number of primary amides is 1. The molecule has 3 N–H and O–H groups in total. The molecule has 0 spiro atoms. The van der Waals surface area contributed by atoms with Gasteiger partial charge < -0.3 is 15.5 Å². The number of ether oxygens (including phenoxy) is 1. The van der Waals surface area contributed by atoms with Crippen LogP contribution in [0, 0.1) is 11.3 Å². The Hall–Kier alpha value is -4.11. The molecule has 6 nitrogen and oxygen atoms in total. The molecule has 1 amide bonds. The summed E-state index contributed by atoms with van der Waals surface area (Å²) in [6.07, 6.45) is 4.14. The number of hydrogen-bond donors (Lipinski definition) is 2. The van der Waals surface area contributed by atoms with E-state index in [4.69, 9.17) is 15.7 Å². The van der Waals surface area contributed by atoms with Gasteiger partial charge in [0.05, 0.1) is 17.2 Å². The molecule has 0 saturated heterocycles. The summed E-state index contributed by atoms with van der Waals surface area (Å²) in [7, 11) is 0. The Labute approximate surface area is 178 Å². The number of nitrogens with one attached hydrogen (secondary N) is 1. The van der Waals surface area contributed by atoms with E-state index in [0.717, 1.165) is 16.3 Å². The molecule has 1 aromatic heterocycles. The Kier molecular flexibility index (Phi) is 4.45. The van der Waals surface area contributed by atoms with Crippen LogP contribution in [0.1, 0.15) is 50.6 Å². The molecule has 3 aromatic carbocycles. The summed E-state index contributed by atoms with van der Waals surface area (Å²) in [5.74, 6) is 0.0284. The number of nitrogens with zero attached hydrogens (tertiary/aromatic N) is 1. The highest BCUT2D eigenvalue weighted by Gasteiger charge is 2.24. The maximum absolute atomic E-state index is 12.9. The molecule has 4 aromatic rings. The van der Waals surface area contributed by atoms with Crippen molar-refractivity contribution in [3.63, 3.8) is 0 Å². The zero-order chi connectivity index (χ0) is 21.5. The number of aromatic nitrogens is 1. The average molecular weight is 409 g/mol. The summed E-state index contributed by atoms with van der Waals surface area (Å²) in [6.45, 7) is -0.223. The topological polar surface area (TPSA) is 109 Å². The van der Waals surface area contributed by atoms with Crippen LogP contribution in [0.5, 0.6) is 5.75 Å². The SMILES string of the molecule is N#Cc1ccc2cc(OCC(=O)c3c[nH]c4cc(C5CC5)ccc34)c(C(N)=O)cc2c1. The van der Waals surface area contributed by atoms with Crippen LogP contribution in [0.3, 0.4) is 0 Å². The molecule has 5 rings (SSSR count). The number of benzene rings is 3. The summed E-state index contributed by atoms with van der Waals surface area (Å²) in [5.41, 5.74) is 8.96. The number of amides is 1. The first kappa shape index (κ1) is 18.9.